The van der Waals surface area contributed by atoms with Gasteiger partial charge in [-0.05, 0) is 37.3 Å². The largest absolute Gasteiger partial charge is 0.484 e. The van der Waals surface area contributed by atoms with Crippen molar-refractivity contribution in [2.75, 3.05) is 0 Å². The number of aromatic amines is 1. The maximum atomic E-state index is 11.9. The predicted octanol–water partition coefficient (Wildman–Crippen LogP) is 2.34. The van der Waals surface area contributed by atoms with Crippen LogP contribution >= 0.6 is 0 Å². The van der Waals surface area contributed by atoms with Gasteiger partial charge in [0.05, 0.1) is 11.0 Å². The molecule has 0 amide bonds. The zero-order chi connectivity index (χ0) is 18.8. The second-order valence-electron chi connectivity index (χ2n) is 5.85. The van der Waals surface area contributed by atoms with E-state index in [1.165, 1.54) is 4.57 Å². The van der Waals surface area contributed by atoms with Crippen molar-refractivity contribution in [1.29, 1.82) is 0 Å². The van der Waals surface area contributed by atoms with E-state index in [1.54, 1.807) is 18.2 Å². The summed E-state index contributed by atoms with van der Waals surface area (Å²) in [7, 11) is 0. The molecule has 4 aromatic rings. The number of aryl methyl sites for hydroxylation is 1. The van der Waals surface area contributed by atoms with Crippen LogP contribution in [0.15, 0.2) is 62.6 Å². The molecule has 0 radical (unpaired) electrons. The zero-order valence-electron chi connectivity index (χ0n) is 14.5. The molecule has 0 aliphatic heterocycles. The van der Waals surface area contributed by atoms with Crippen LogP contribution in [-0.4, -0.2) is 19.7 Å². The standard InChI is InChI=1S/C19H16N4O4/c1-2-23-15-9-8-12(10-14(15)20-18(24)19(23)25)17-21-16(27-22-17)11-26-13-6-4-3-5-7-13/h3-10H,2,11H2,1H3,(H,20,24). The summed E-state index contributed by atoms with van der Waals surface area (Å²) >= 11 is 0. The lowest BCUT2D eigenvalue weighted by Gasteiger charge is -2.07. The number of ether oxygens (including phenoxy) is 1. The molecule has 0 bridgehead atoms. The van der Waals surface area contributed by atoms with Gasteiger partial charge in [0.1, 0.15) is 5.75 Å². The van der Waals surface area contributed by atoms with Crippen molar-refractivity contribution in [3.05, 3.63) is 75.1 Å². The van der Waals surface area contributed by atoms with E-state index in [0.717, 1.165) is 0 Å². The highest BCUT2D eigenvalue weighted by Crippen LogP contribution is 2.21. The van der Waals surface area contributed by atoms with Crippen LogP contribution in [0.1, 0.15) is 12.8 Å². The van der Waals surface area contributed by atoms with E-state index in [1.807, 2.05) is 37.3 Å². The van der Waals surface area contributed by atoms with Crippen molar-refractivity contribution >= 4 is 11.0 Å². The summed E-state index contributed by atoms with van der Waals surface area (Å²) in [5.74, 6) is 1.41. The quantitative estimate of drug-likeness (QED) is 0.545. The third-order valence-corrected chi connectivity index (χ3v) is 4.12. The Morgan fingerprint density at radius 2 is 1.96 bits per heavy atom. The molecule has 8 nitrogen and oxygen atoms in total. The molecule has 0 saturated carbocycles. The average molecular weight is 364 g/mol. The first-order valence-electron chi connectivity index (χ1n) is 8.43. The highest BCUT2D eigenvalue weighted by molar-refractivity contribution is 5.80. The van der Waals surface area contributed by atoms with Gasteiger partial charge < -0.3 is 18.8 Å². The van der Waals surface area contributed by atoms with Crippen LogP contribution in [0.25, 0.3) is 22.4 Å². The summed E-state index contributed by atoms with van der Waals surface area (Å²) in [5.41, 5.74) is 0.603. The molecule has 27 heavy (non-hydrogen) atoms. The van der Waals surface area contributed by atoms with E-state index in [-0.39, 0.29) is 6.61 Å². The van der Waals surface area contributed by atoms with Crippen molar-refractivity contribution in [3.63, 3.8) is 0 Å². The Morgan fingerprint density at radius 1 is 1.15 bits per heavy atom. The van der Waals surface area contributed by atoms with Gasteiger partial charge in [-0.15, -0.1) is 0 Å². The number of nitrogens with one attached hydrogen (secondary N) is 1. The lowest BCUT2D eigenvalue weighted by molar-refractivity contribution is 0.243. The molecule has 4 rings (SSSR count). The summed E-state index contributed by atoms with van der Waals surface area (Å²) in [4.78, 5) is 30.7. The van der Waals surface area contributed by atoms with Crippen LogP contribution in [0.5, 0.6) is 5.75 Å². The Hall–Kier alpha value is -3.68. The van der Waals surface area contributed by atoms with E-state index in [2.05, 4.69) is 15.1 Å². The first kappa shape index (κ1) is 16.8. The average Bonchev–Trinajstić information content (AvgIpc) is 3.17. The number of hydrogen-bond donors (Lipinski definition) is 1. The second kappa shape index (κ2) is 6.91. The Morgan fingerprint density at radius 3 is 2.74 bits per heavy atom. The Labute approximate surface area is 153 Å². The highest BCUT2D eigenvalue weighted by Gasteiger charge is 2.12. The van der Waals surface area contributed by atoms with Crippen molar-refractivity contribution in [3.8, 4) is 17.1 Å². The third kappa shape index (κ3) is 3.24. The van der Waals surface area contributed by atoms with E-state index in [9.17, 15) is 9.59 Å². The zero-order valence-corrected chi connectivity index (χ0v) is 14.5. The maximum absolute atomic E-state index is 11.9. The van der Waals surface area contributed by atoms with E-state index in [4.69, 9.17) is 9.26 Å². The fourth-order valence-corrected chi connectivity index (χ4v) is 2.82. The van der Waals surface area contributed by atoms with Crippen LogP contribution in [0.2, 0.25) is 0 Å². The number of H-pyrrole nitrogens is 1. The Bertz CT molecular complexity index is 1210. The maximum Gasteiger partial charge on any atom is 0.316 e. The first-order chi connectivity index (χ1) is 13.2. The molecule has 0 unspecified atom stereocenters. The van der Waals surface area contributed by atoms with E-state index < -0.39 is 11.1 Å². The fourth-order valence-electron chi connectivity index (χ4n) is 2.82. The molecular weight excluding hydrogens is 348 g/mol. The molecule has 0 aliphatic rings. The number of para-hydroxylation sites is 1. The SMILES string of the molecule is CCn1c(=O)c(=O)[nH]c2cc(-c3noc(COc4ccccc4)n3)ccc21. The smallest absolute Gasteiger partial charge is 0.316 e. The predicted molar refractivity (Wildman–Crippen MR) is 98.6 cm³/mol. The van der Waals surface area contributed by atoms with Crippen LogP contribution in [0, 0.1) is 0 Å². The number of aromatic nitrogens is 4. The van der Waals surface area contributed by atoms with Crippen LogP contribution < -0.4 is 15.9 Å². The molecule has 2 heterocycles. The minimum atomic E-state index is -0.661. The van der Waals surface area contributed by atoms with Gasteiger partial charge >= 0.3 is 11.1 Å². The second-order valence-corrected chi connectivity index (χ2v) is 5.85. The Balaban J connectivity index is 1.63. The van der Waals surface area contributed by atoms with Crippen LogP contribution in [0.4, 0.5) is 0 Å². The monoisotopic (exact) mass is 364 g/mol. The van der Waals surface area contributed by atoms with Crippen molar-refractivity contribution in [2.24, 2.45) is 0 Å². The van der Waals surface area contributed by atoms with Crippen LogP contribution in [0.3, 0.4) is 0 Å². The number of hydrogen-bond acceptors (Lipinski definition) is 6. The molecule has 0 aliphatic carbocycles. The molecule has 0 spiro atoms. The molecule has 2 aromatic heterocycles. The minimum absolute atomic E-state index is 0.150. The lowest BCUT2D eigenvalue weighted by atomic mass is 10.2. The summed E-state index contributed by atoms with van der Waals surface area (Å²) in [5, 5.41) is 3.96. The lowest BCUT2D eigenvalue weighted by Crippen LogP contribution is -2.35. The van der Waals surface area contributed by atoms with E-state index in [0.29, 0.717) is 40.6 Å². The summed E-state index contributed by atoms with van der Waals surface area (Å²) in [6, 6.07) is 14.6. The van der Waals surface area contributed by atoms with Gasteiger partial charge in [-0.3, -0.25) is 9.59 Å². The van der Waals surface area contributed by atoms with Gasteiger partial charge in [-0.25, -0.2) is 0 Å². The van der Waals surface area contributed by atoms with Gasteiger partial charge in [0.15, 0.2) is 6.61 Å². The van der Waals surface area contributed by atoms with Gasteiger partial charge in [0.25, 0.3) is 5.89 Å². The van der Waals surface area contributed by atoms with Crippen molar-refractivity contribution in [2.45, 2.75) is 20.1 Å². The first-order valence-corrected chi connectivity index (χ1v) is 8.43. The van der Waals surface area contributed by atoms with Gasteiger partial charge in [-0.1, -0.05) is 23.4 Å². The van der Waals surface area contributed by atoms with Crippen molar-refractivity contribution in [1.82, 2.24) is 19.7 Å². The summed E-state index contributed by atoms with van der Waals surface area (Å²) < 4.78 is 12.2. The van der Waals surface area contributed by atoms with E-state index >= 15 is 0 Å². The number of benzene rings is 2. The van der Waals surface area contributed by atoms with Crippen LogP contribution in [-0.2, 0) is 13.2 Å². The molecule has 2 aromatic carbocycles. The molecule has 0 atom stereocenters. The normalized spacial score (nSPS) is 11.0. The van der Waals surface area contributed by atoms with Gasteiger partial charge in [-0.2, -0.15) is 4.98 Å². The molecular formula is C19H16N4O4. The molecule has 136 valence electrons. The number of nitrogens with zero attached hydrogens (tertiary/aromatic N) is 3. The molecule has 1 N–H and O–H groups in total. The fraction of sp³-hybridized carbons (Fsp3) is 0.158. The highest BCUT2D eigenvalue weighted by atomic mass is 16.5. The van der Waals surface area contributed by atoms with Crippen molar-refractivity contribution < 1.29 is 9.26 Å². The topological polar surface area (TPSA) is 103 Å². The molecule has 0 saturated heterocycles. The van der Waals surface area contributed by atoms with Gasteiger partial charge in [0.2, 0.25) is 5.82 Å². The molecule has 8 heteroatoms. The minimum Gasteiger partial charge on any atom is -0.484 e. The number of fused-ring (bicyclic) bond motifs is 1. The van der Waals surface area contributed by atoms with Gasteiger partial charge in [0, 0.05) is 12.1 Å². The summed E-state index contributed by atoms with van der Waals surface area (Å²) in [6.07, 6.45) is 0. The molecule has 0 fully saturated rings. The number of rotatable bonds is 5. The third-order valence-electron chi connectivity index (χ3n) is 4.12. The summed E-state index contributed by atoms with van der Waals surface area (Å²) in [6.45, 7) is 2.37. The Kier molecular flexibility index (Phi) is 4.29.